The molecule has 1 fully saturated rings. The number of rotatable bonds is 5. The van der Waals surface area contributed by atoms with Crippen LogP contribution in [-0.4, -0.2) is 49.7 Å². The van der Waals surface area contributed by atoms with Crippen molar-refractivity contribution in [2.45, 2.75) is 32.4 Å². The monoisotopic (exact) mass is 200 g/mol. The number of amides is 1. The lowest BCUT2D eigenvalue weighted by Gasteiger charge is -2.20. The number of ether oxygens (including phenoxy) is 1. The number of methoxy groups -OCH3 is 1. The predicted octanol–water partition coefficient (Wildman–Crippen LogP) is 0.232. The van der Waals surface area contributed by atoms with Gasteiger partial charge < -0.3 is 15.0 Å². The van der Waals surface area contributed by atoms with E-state index in [1.807, 2.05) is 18.7 Å². The lowest BCUT2D eigenvalue weighted by molar-refractivity contribution is -0.130. The molecule has 82 valence electrons. The summed E-state index contributed by atoms with van der Waals surface area (Å²) in [7, 11) is 1.67. The lowest BCUT2D eigenvalue weighted by atomic mass is 10.2. The molecule has 0 aromatic rings. The average Bonchev–Trinajstić information content (AvgIpc) is 2.50. The molecule has 0 aromatic heterocycles. The summed E-state index contributed by atoms with van der Waals surface area (Å²) in [6.07, 6.45) is 1.04. The number of likely N-dealkylation sites (tertiary alicyclic amines) is 1. The van der Waals surface area contributed by atoms with Gasteiger partial charge in [0.25, 0.3) is 0 Å². The van der Waals surface area contributed by atoms with Crippen LogP contribution in [0.5, 0.6) is 0 Å². The highest BCUT2D eigenvalue weighted by molar-refractivity contribution is 5.83. The summed E-state index contributed by atoms with van der Waals surface area (Å²) in [5, 5.41) is 3.18. The molecule has 4 nitrogen and oxygen atoms in total. The van der Waals surface area contributed by atoms with Gasteiger partial charge in [0.2, 0.25) is 5.91 Å². The summed E-state index contributed by atoms with van der Waals surface area (Å²) in [6.45, 7) is 6.41. The van der Waals surface area contributed by atoms with Gasteiger partial charge in [0.1, 0.15) is 0 Å². The zero-order valence-electron chi connectivity index (χ0n) is 9.25. The summed E-state index contributed by atoms with van der Waals surface area (Å²) in [6, 6.07) is 0.0315. The lowest BCUT2D eigenvalue weighted by Crippen LogP contribution is -2.40. The van der Waals surface area contributed by atoms with E-state index in [1.165, 1.54) is 0 Å². The Morgan fingerprint density at radius 1 is 1.71 bits per heavy atom. The highest BCUT2D eigenvalue weighted by Crippen LogP contribution is 2.11. The minimum Gasteiger partial charge on any atom is -0.380 e. The van der Waals surface area contributed by atoms with Gasteiger partial charge in [-0.15, -0.1) is 0 Å². The van der Waals surface area contributed by atoms with Crippen LogP contribution in [0.4, 0.5) is 0 Å². The van der Waals surface area contributed by atoms with E-state index in [4.69, 9.17) is 4.74 Å². The van der Waals surface area contributed by atoms with E-state index >= 15 is 0 Å². The first-order valence-electron chi connectivity index (χ1n) is 5.24. The van der Waals surface area contributed by atoms with Gasteiger partial charge >= 0.3 is 0 Å². The van der Waals surface area contributed by atoms with Crippen molar-refractivity contribution in [1.82, 2.24) is 10.2 Å². The number of carbonyl (C=O) groups is 1. The highest BCUT2D eigenvalue weighted by atomic mass is 16.5. The number of likely N-dealkylation sites (N-methyl/N-ethyl adjacent to an activating group) is 1. The van der Waals surface area contributed by atoms with Crippen LogP contribution < -0.4 is 5.32 Å². The third-order valence-electron chi connectivity index (χ3n) is 2.63. The maximum absolute atomic E-state index is 11.8. The molecule has 0 aliphatic carbocycles. The van der Waals surface area contributed by atoms with Gasteiger partial charge in [0, 0.05) is 20.2 Å². The topological polar surface area (TPSA) is 41.6 Å². The molecule has 1 N–H and O–H groups in total. The second-order valence-corrected chi connectivity index (χ2v) is 3.73. The summed E-state index contributed by atoms with van der Waals surface area (Å²) in [5.74, 6) is 0.218. The maximum atomic E-state index is 11.8. The Hall–Kier alpha value is -0.610. The van der Waals surface area contributed by atoms with Crippen LogP contribution in [-0.2, 0) is 9.53 Å². The molecule has 1 aliphatic rings. The molecule has 2 atom stereocenters. The van der Waals surface area contributed by atoms with Crippen LogP contribution in [0.2, 0.25) is 0 Å². The van der Waals surface area contributed by atoms with Crippen molar-refractivity contribution in [2.24, 2.45) is 0 Å². The Kier molecular flexibility index (Phi) is 4.35. The Balaban J connectivity index is 2.39. The van der Waals surface area contributed by atoms with Crippen LogP contribution in [0.1, 0.15) is 20.3 Å². The molecule has 4 heteroatoms. The van der Waals surface area contributed by atoms with E-state index in [1.54, 1.807) is 7.11 Å². The van der Waals surface area contributed by atoms with Crippen LogP contribution in [0.3, 0.4) is 0 Å². The Morgan fingerprint density at radius 3 is 3.00 bits per heavy atom. The van der Waals surface area contributed by atoms with Crippen molar-refractivity contribution in [3.05, 3.63) is 0 Å². The standard InChI is InChI=1S/C10H20N2O2/c1-4-11-9-5-6-12(10(9)13)7-8(2)14-3/h8-9,11H,4-7H2,1-3H3. The van der Waals surface area contributed by atoms with Gasteiger partial charge in [-0.2, -0.15) is 0 Å². The van der Waals surface area contributed by atoms with Crippen molar-refractivity contribution in [3.8, 4) is 0 Å². The molecule has 0 bridgehead atoms. The first-order valence-corrected chi connectivity index (χ1v) is 5.24. The summed E-state index contributed by atoms with van der Waals surface area (Å²) >= 11 is 0. The molecule has 0 radical (unpaired) electrons. The number of hydrogen-bond acceptors (Lipinski definition) is 3. The fourth-order valence-electron chi connectivity index (χ4n) is 1.74. The van der Waals surface area contributed by atoms with E-state index < -0.39 is 0 Å². The van der Waals surface area contributed by atoms with Crippen molar-refractivity contribution in [3.63, 3.8) is 0 Å². The summed E-state index contributed by atoms with van der Waals surface area (Å²) in [4.78, 5) is 13.6. The number of carbonyl (C=O) groups excluding carboxylic acids is 1. The molecule has 1 heterocycles. The Labute approximate surface area is 85.6 Å². The fraction of sp³-hybridized carbons (Fsp3) is 0.900. The zero-order valence-corrected chi connectivity index (χ0v) is 9.25. The molecular weight excluding hydrogens is 180 g/mol. The minimum absolute atomic E-state index is 0.0315. The molecule has 2 unspecified atom stereocenters. The zero-order chi connectivity index (χ0) is 10.6. The Morgan fingerprint density at radius 2 is 2.43 bits per heavy atom. The average molecular weight is 200 g/mol. The molecular formula is C10H20N2O2. The molecule has 14 heavy (non-hydrogen) atoms. The molecule has 0 aromatic carbocycles. The minimum atomic E-state index is 0.0315. The van der Waals surface area contributed by atoms with E-state index in [-0.39, 0.29) is 18.1 Å². The second-order valence-electron chi connectivity index (χ2n) is 3.73. The number of nitrogens with one attached hydrogen (secondary N) is 1. The largest absolute Gasteiger partial charge is 0.380 e. The normalized spacial score (nSPS) is 24.4. The van der Waals surface area contributed by atoms with Gasteiger partial charge in [-0.25, -0.2) is 0 Å². The molecule has 0 spiro atoms. The van der Waals surface area contributed by atoms with Gasteiger partial charge in [0.05, 0.1) is 12.1 Å². The molecule has 1 amide bonds. The van der Waals surface area contributed by atoms with Crippen molar-refractivity contribution in [2.75, 3.05) is 26.7 Å². The van der Waals surface area contributed by atoms with E-state index in [2.05, 4.69) is 5.32 Å². The number of nitrogens with zero attached hydrogens (tertiary/aromatic N) is 1. The van der Waals surface area contributed by atoms with Gasteiger partial charge in [0.15, 0.2) is 0 Å². The second kappa shape index (κ2) is 5.32. The molecule has 1 aliphatic heterocycles. The van der Waals surface area contributed by atoms with Crippen LogP contribution >= 0.6 is 0 Å². The van der Waals surface area contributed by atoms with Crippen molar-refractivity contribution in [1.29, 1.82) is 0 Å². The highest BCUT2D eigenvalue weighted by Gasteiger charge is 2.31. The van der Waals surface area contributed by atoms with Gasteiger partial charge in [-0.05, 0) is 19.9 Å². The SMILES string of the molecule is CCNC1CCN(CC(C)OC)C1=O. The molecule has 1 saturated heterocycles. The number of hydrogen-bond donors (Lipinski definition) is 1. The van der Waals surface area contributed by atoms with E-state index in [0.29, 0.717) is 6.54 Å². The summed E-state index contributed by atoms with van der Waals surface area (Å²) < 4.78 is 5.14. The van der Waals surface area contributed by atoms with E-state index in [9.17, 15) is 4.79 Å². The van der Waals surface area contributed by atoms with Crippen LogP contribution in [0.25, 0.3) is 0 Å². The third-order valence-corrected chi connectivity index (χ3v) is 2.63. The van der Waals surface area contributed by atoms with Gasteiger partial charge in [-0.1, -0.05) is 6.92 Å². The van der Waals surface area contributed by atoms with Crippen LogP contribution in [0, 0.1) is 0 Å². The van der Waals surface area contributed by atoms with Gasteiger partial charge in [-0.3, -0.25) is 4.79 Å². The summed E-state index contributed by atoms with van der Waals surface area (Å²) in [5.41, 5.74) is 0. The Bertz CT molecular complexity index is 197. The molecule has 0 saturated carbocycles. The van der Waals surface area contributed by atoms with Crippen molar-refractivity contribution >= 4 is 5.91 Å². The quantitative estimate of drug-likeness (QED) is 0.691. The fourth-order valence-corrected chi connectivity index (χ4v) is 1.74. The first kappa shape index (κ1) is 11.5. The smallest absolute Gasteiger partial charge is 0.239 e. The third kappa shape index (κ3) is 2.69. The van der Waals surface area contributed by atoms with E-state index in [0.717, 1.165) is 19.5 Å². The molecule has 1 rings (SSSR count). The maximum Gasteiger partial charge on any atom is 0.239 e. The first-order chi connectivity index (χ1) is 6.69. The van der Waals surface area contributed by atoms with Crippen molar-refractivity contribution < 1.29 is 9.53 Å². The predicted molar refractivity (Wildman–Crippen MR) is 55.1 cm³/mol. The van der Waals surface area contributed by atoms with Crippen LogP contribution in [0.15, 0.2) is 0 Å².